The summed E-state index contributed by atoms with van der Waals surface area (Å²) < 4.78 is 13.4. The normalized spacial score (nSPS) is 19.6. The highest BCUT2D eigenvalue weighted by Gasteiger charge is 2.38. The topological polar surface area (TPSA) is 33.1 Å². The molecule has 0 atom stereocenters. The van der Waals surface area contributed by atoms with Crippen LogP contribution in [0.4, 0.5) is 4.39 Å². The number of hydrogen-bond donors (Lipinski definition) is 1. The maximum absolute atomic E-state index is 12.8. The second-order valence-electron chi connectivity index (χ2n) is 3.38. The van der Waals surface area contributed by atoms with E-state index in [4.69, 9.17) is 0 Å². The van der Waals surface area contributed by atoms with Crippen LogP contribution in [0.5, 0.6) is 0 Å². The van der Waals surface area contributed by atoms with E-state index in [1.807, 2.05) is 0 Å². The van der Waals surface area contributed by atoms with Crippen molar-refractivity contribution in [3.63, 3.8) is 0 Å². The molecule has 70 valence electrons. The summed E-state index contributed by atoms with van der Waals surface area (Å²) in [4.78, 5) is 3.81. The first-order valence-corrected chi connectivity index (χ1v) is 4.95. The number of aromatic nitrogens is 1. The maximum Gasteiger partial charge on any atom is 0.141 e. The SMILES string of the molecule is OC1(c2cc(F)cnc2Br)CCC1. The van der Waals surface area contributed by atoms with Gasteiger partial charge >= 0.3 is 0 Å². The number of rotatable bonds is 1. The van der Waals surface area contributed by atoms with Crippen molar-refractivity contribution >= 4 is 15.9 Å². The minimum atomic E-state index is -0.853. The van der Waals surface area contributed by atoms with E-state index >= 15 is 0 Å². The Labute approximate surface area is 83.9 Å². The van der Waals surface area contributed by atoms with Crippen molar-refractivity contribution in [2.45, 2.75) is 24.9 Å². The van der Waals surface area contributed by atoms with Gasteiger partial charge in [0.05, 0.1) is 11.8 Å². The van der Waals surface area contributed by atoms with E-state index in [2.05, 4.69) is 20.9 Å². The average Bonchev–Trinajstić information content (AvgIpc) is 2.05. The quantitative estimate of drug-likeness (QED) is 0.771. The predicted octanol–water partition coefficient (Wildman–Crippen LogP) is 2.35. The predicted molar refractivity (Wildman–Crippen MR) is 49.6 cm³/mol. The first kappa shape index (κ1) is 9.09. The summed E-state index contributed by atoms with van der Waals surface area (Å²) in [7, 11) is 0. The molecular weight excluding hydrogens is 237 g/mol. The van der Waals surface area contributed by atoms with Crippen LogP contribution in [0, 0.1) is 5.82 Å². The van der Waals surface area contributed by atoms with E-state index in [9.17, 15) is 9.50 Å². The van der Waals surface area contributed by atoms with E-state index in [0.29, 0.717) is 23.0 Å². The van der Waals surface area contributed by atoms with Gasteiger partial charge in [0.2, 0.25) is 0 Å². The van der Waals surface area contributed by atoms with Gasteiger partial charge in [0.25, 0.3) is 0 Å². The summed E-state index contributed by atoms with van der Waals surface area (Å²) in [6, 6.07) is 1.34. The molecule has 0 bridgehead atoms. The Hall–Kier alpha value is -0.480. The molecule has 1 N–H and O–H groups in total. The minimum Gasteiger partial charge on any atom is -0.385 e. The monoisotopic (exact) mass is 245 g/mol. The van der Waals surface area contributed by atoms with Gasteiger partial charge in [-0.1, -0.05) is 0 Å². The third-order valence-corrected chi connectivity index (χ3v) is 3.12. The molecule has 1 aliphatic rings. The van der Waals surface area contributed by atoms with Crippen LogP contribution in [-0.4, -0.2) is 10.1 Å². The largest absolute Gasteiger partial charge is 0.385 e. The van der Waals surface area contributed by atoms with E-state index in [1.54, 1.807) is 0 Å². The molecule has 1 heterocycles. The molecule has 2 nitrogen and oxygen atoms in total. The minimum absolute atomic E-state index is 0.404. The Morgan fingerprint density at radius 3 is 2.77 bits per heavy atom. The van der Waals surface area contributed by atoms with Gasteiger partial charge in [0.1, 0.15) is 10.4 Å². The average molecular weight is 246 g/mol. The Morgan fingerprint density at radius 2 is 2.23 bits per heavy atom. The number of nitrogens with zero attached hydrogens (tertiary/aromatic N) is 1. The van der Waals surface area contributed by atoms with Crippen LogP contribution in [0.2, 0.25) is 0 Å². The van der Waals surface area contributed by atoms with Crippen molar-refractivity contribution in [3.8, 4) is 0 Å². The van der Waals surface area contributed by atoms with Gasteiger partial charge in [-0.2, -0.15) is 0 Å². The highest BCUT2D eigenvalue weighted by Crippen LogP contribution is 2.43. The molecule has 0 aromatic carbocycles. The molecule has 1 aromatic heterocycles. The van der Waals surface area contributed by atoms with Gasteiger partial charge in [-0.15, -0.1) is 0 Å². The lowest BCUT2D eigenvalue weighted by Gasteiger charge is -2.37. The Morgan fingerprint density at radius 1 is 1.54 bits per heavy atom. The van der Waals surface area contributed by atoms with Gasteiger partial charge < -0.3 is 5.11 Å². The fraction of sp³-hybridized carbons (Fsp3) is 0.444. The molecule has 0 amide bonds. The van der Waals surface area contributed by atoms with Gasteiger partial charge in [-0.3, -0.25) is 0 Å². The Bertz CT molecular complexity index is 338. The standard InChI is InChI=1S/C9H9BrFNO/c10-8-7(4-6(11)5-12-8)9(13)2-1-3-9/h4-5,13H,1-3H2. The molecule has 1 fully saturated rings. The lowest BCUT2D eigenvalue weighted by Crippen LogP contribution is -2.34. The molecule has 13 heavy (non-hydrogen) atoms. The third kappa shape index (κ3) is 1.48. The summed E-state index contributed by atoms with van der Waals surface area (Å²) in [5.41, 5.74) is -0.285. The maximum atomic E-state index is 12.8. The fourth-order valence-electron chi connectivity index (χ4n) is 1.53. The third-order valence-electron chi connectivity index (χ3n) is 2.49. The Kier molecular flexibility index (Phi) is 2.12. The molecule has 0 spiro atoms. The highest BCUT2D eigenvalue weighted by molar-refractivity contribution is 9.10. The van der Waals surface area contributed by atoms with Crippen molar-refractivity contribution in [2.24, 2.45) is 0 Å². The molecule has 4 heteroatoms. The van der Waals surface area contributed by atoms with Gasteiger partial charge in [-0.05, 0) is 41.3 Å². The Balaban J connectivity index is 2.43. The number of pyridine rings is 1. The van der Waals surface area contributed by atoms with Crippen LogP contribution >= 0.6 is 15.9 Å². The van der Waals surface area contributed by atoms with Crippen LogP contribution in [0.1, 0.15) is 24.8 Å². The summed E-state index contributed by atoms with van der Waals surface area (Å²) in [5.74, 6) is -0.404. The zero-order chi connectivity index (χ0) is 9.47. The first-order valence-electron chi connectivity index (χ1n) is 4.16. The molecule has 0 unspecified atom stereocenters. The first-order chi connectivity index (χ1) is 6.12. The van der Waals surface area contributed by atoms with Crippen LogP contribution in [0.15, 0.2) is 16.9 Å². The zero-order valence-electron chi connectivity index (χ0n) is 6.93. The lowest BCUT2D eigenvalue weighted by molar-refractivity contribution is -0.0400. The molecule has 0 radical (unpaired) electrons. The second kappa shape index (κ2) is 3.03. The molecule has 1 saturated carbocycles. The van der Waals surface area contributed by atoms with Crippen LogP contribution in [0.3, 0.4) is 0 Å². The fourth-order valence-corrected chi connectivity index (χ4v) is 2.12. The summed E-state index contributed by atoms with van der Waals surface area (Å²) in [5, 5.41) is 9.95. The van der Waals surface area contributed by atoms with Crippen LogP contribution < -0.4 is 0 Å². The molecule has 1 aliphatic carbocycles. The summed E-state index contributed by atoms with van der Waals surface area (Å²) in [6.07, 6.45) is 3.50. The second-order valence-corrected chi connectivity index (χ2v) is 4.13. The van der Waals surface area contributed by atoms with E-state index in [-0.39, 0.29) is 0 Å². The summed E-state index contributed by atoms with van der Waals surface area (Å²) >= 11 is 3.20. The molecular formula is C9H9BrFNO. The highest BCUT2D eigenvalue weighted by atomic mass is 79.9. The van der Waals surface area contributed by atoms with Gasteiger partial charge in [-0.25, -0.2) is 9.37 Å². The van der Waals surface area contributed by atoms with Crippen molar-refractivity contribution in [2.75, 3.05) is 0 Å². The summed E-state index contributed by atoms with van der Waals surface area (Å²) in [6.45, 7) is 0. The molecule has 0 saturated heterocycles. The van der Waals surface area contributed by atoms with Crippen molar-refractivity contribution < 1.29 is 9.50 Å². The van der Waals surface area contributed by atoms with Crippen LogP contribution in [0.25, 0.3) is 0 Å². The number of aliphatic hydroxyl groups is 1. The van der Waals surface area contributed by atoms with E-state index in [1.165, 1.54) is 6.07 Å². The molecule has 1 aromatic rings. The van der Waals surface area contributed by atoms with Gasteiger partial charge in [0.15, 0.2) is 0 Å². The van der Waals surface area contributed by atoms with E-state index in [0.717, 1.165) is 12.6 Å². The van der Waals surface area contributed by atoms with Gasteiger partial charge in [0, 0.05) is 5.56 Å². The van der Waals surface area contributed by atoms with Crippen molar-refractivity contribution in [3.05, 3.63) is 28.2 Å². The molecule has 0 aliphatic heterocycles. The van der Waals surface area contributed by atoms with Crippen molar-refractivity contribution in [1.29, 1.82) is 0 Å². The zero-order valence-corrected chi connectivity index (χ0v) is 8.51. The smallest absolute Gasteiger partial charge is 0.141 e. The number of hydrogen-bond acceptors (Lipinski definition) is 2. The molecule has 2 rings (SSSR count). The van der Waals surface area contributed by atoms with Crippen LogP contribution in [-0.2, 0) is 5.60 Å². The van der Waals surface area contributed by atoms with E-state index < -0.39 is 11.4 Å². The van der Waals surface area contributed by atoms with Crippen molar-refractivity contribution in [1.82, 2.24) is 4.98 Å². The lowest BCUT2D eigenvalue weighted by atomic mass is 9.76. The number of halogens is 2.